The van der Waals surface area contributed by atoms with E-state index in [9.17, 15) is 9.59 Å². The predicted octanol–water partition coefficient (Wildman–Crippen LogP) is 1.90. The predicted molar refractivity (Wildman–Crippen MR) is 95.5 cm³/mol. The third kappa shape index (κ3) is 2.67. The Labute approximate surface area is 143 Å². The van der Waals surface area contributed by atoms with Crippen LogP contribution in [0, 0.1) is 0 Å². The fraction of sp³-hybridized carbons (Fsp3) is 0.176. The molecular formula is C17H16N6O2. The summed E-state index contributed by atoms with van der Waals surface area (Å²) in [4.78, 5) is 31.0. The van der Waals surface area contributed by atoms with Crippen LogP contribution in [0.3, 0.4) is 0 Å². The molecule has 1 aromatic carbocycles. The summed E-state index contributed by atoms with van der Waals surface area (Å²) in [6.45, 7) is 0.325. The van der Waals surface area contributed by atoms with Crippen molar-refractivity contribution in [3.8, 4) is 0 Å². The van der Waals surface area contributed by atoms with Gasteiger partial charge in [0, 0.05) is 43.5 Å². The van der Waals surface area contributed by atoms with Crippen molar-refractivity contribution >= 4 is 40.7 Å². The number of nitrogens with zero attached hydrogens (tertiary/aromatic N) is 5. The van der Waals surface area contributed by atoms with Gasteiger partial charge in [-0.25, -0.2) is 9.79 Å². The number of aliphatic imine (C=N–C) groups is 1. The molecule has 1 saturated heterocycles. The van der Waals surface area contributed by atoms with Gasteiger partial charge in [0.15, 0.2) is 5.82 Å². The summed E-state index contributed by atoms with van der Waals surface area (Å²) in [5.74, 6) is 0.292. The maximum Gasteiger partial charge on any atom is 0.329 e. The van der Waals surface area contributed by atoms with Gasteiger partial charge in [0.05, 0.1) is 11.9 Å². The number of urea groups is 1. The first-order chi connectivity index (χ1) is 12.1. The molecule has 0 aliphatic carbocycles. The molecule has 3 amide bonds. The molecule has 1 aromatic heterocycles. The zero-order valence-corrected chi connectivity index (χ0v) is 13.6. The highest BCUT2D eigenvalue weighted by atomic mass is 16.2. The Morgan fingerprint density at radius 1 is 1.20 bits per heavy atom. The first-order valence-corrected chi connectivity index (χ1v) is 7.86. The third-order valence-corrected chi connectivity index (χ3v) is 4.14. The molecule has 25 heavy (non-hydrogen) atoms. The standard InChI is InChI=1S/C17H16N6O2/c1-21-14-10-12(22-8-3-2-7-18-11-22)4-5-13(14)16(20-21)23-9-6-15(24)19-17(23)25/h2-5,7-8,10-11H,6,9H2,1H3,(H,19,24,25). The molecule has 0 bridgehead atoms. The van der Waals surface area contributed by atoms with Gasteiger partial charge < -0.3 is 4.90 Å². The molecule has 0 radical (unpaired) electrons. The van der Waals surface area contributed by atoms with E-state index < -0.39 is 6.03 Å². The molecule has 0 unspecified atom stereocenters. The lowest BCUT2D eigenvalue weighted by Gasteiger charge is -2.24. The van der Waals surface area contributed by atoms with Crippen molar-refractivity contribution < 1.29 is 9.59 Å². The average molecular weight is 336 g/mol. The lowest BCUT2D eigenvalue weighted by atomic mass is 10.2. The second kappa shape index (κ2) is 5.90. The van der Waals surface area contributed by atoms with E-state index in [4.69, 9.17) is 0 Å². The lowest BCUT2D eigenvalue weighted by Crippen LogP contribution is -2.49. The summed E-state index contributed by atoms with van der Waals surface area (Å²) < 4.78 is 1.73. The highest BCUT2D eigenvalue weighted by Crippen LogP contribution is 2.30. The first kappa shape index (κ1) is 15.1. The smallest absolute Gasteiger partial charge is 0.308 e. The van der Waals surface area contributed by atoms with Crippen LogP contribution >= 0.6 is 0 Å². The SMILES string of the molecule is Cn1nc(N2CCC(=O)NC2=O)c2ccc(N3C=CC=CN=C3)cc21. The van der Waals surface area contributed by atoms with Gasteiger partial charge in [-0.3, -0.25) is 19.7 Å². The Hall–Kier alpha value is -3.42. The van der Waals surface area contributed by atoms with E-state index in [0.717, 1.165) is 16.6 Å². The van der Waals surface area contributed by atoms with Gasteiger partial charge in [0.2, 0.25) is 5.91 Å². The second-order valence-electron chi connectivity index (χ2n) is 5.76. The minimum atomic E-state index is -0.436. The number of aryl methyl sites for hydroxylation is 1. The zero-order valence-electron chi connectivity index (χ0n) is 13.6. The molecule has 2 aliphatic heterocycles. The van der Waals surface area contributed by atoms with Crippen LogP contribution in [-0.2, 0) is 11.8 Å². The van der Waals surface area contributed by atoms with Crippen LogP contribution in [0.25, 0.3) is 10.9 Å². The lowest BCUT2D eigenvalue weighted by molar-refractivity contribution is -0.120. The van der Waals surface area contributed by atoms with Gasteiger partial charge >= 0.3 is 6.03 Å². The van der Waals surface area contributed by atoms with Crippen LogP contribution in [0.15, 0.2) is 47.7 Å². The molecule has 2 aromatic rings. The minimum Gasteiger partial charge on any atom is -0.308 e. The number of carbonyl (C=O) groups is 2. The molecule has 126 valence electrons. The normalized spacial score (nSPS) is 17.3. The molecule has 0 atom stereocenters. The molecule has 4 rings (SSSR count). The number of fused-ring (bicyclic) bond motifs is 1. The number of carbonyl (C=O) groups excluding carboxylic acids is 2. The summed E-state index contributed by atoms with van der Waals surface area (Å²) in [6.07, 6.45) is 9.38. The average Bonchev–Trinajstić information content (AvgIpc) is 2.78. The number of aromatic nitrogens is 2. The van der Waals surface area contributed by atoms with Crippen LogP contribution in [0.2, 0.25) is 0 Å². The zero-order chi connectivity index (χ0) is 17.4. The summed E-state index contributed by atoms with van der Waals surface area (Å²) in [7, 11) is 1.83. The van der Waals surface area contributed by atoms with Gasteiger partial charge in [0.25, 0.3) is 0 Å². The van der Waals surface area contributed by atoms with Crippen LogP contribution in [0.4, 0.5) is 16.3 Å². The Balaban J connectivity index is 1.74. The van der Waals surface area contributed by atoms with Crippen molar-refractivity contribution in [3.05, 3.63) is 42.8 Å². The number of hydrogen-bond acceptors (Lipinski definition) is 5. The van der Waals surface area contributed by atoms with E-state index in [0.29, 0.717) is 12.4 Å². The molecule has 8 nitrogen and oxygen atoms in total. The molecule has 1 fully saturated rings. The molecule has 8 heteroatoms. The Morgan fingerprint density at radius 2 is 2.08 bits per heavy atom. The number of imide groups is 1. The van der Waals surface area contributed by atoms with Crippen LogP contribution in [-0.4, -0.2) is 34.6 Å². The van der Waals surface area contributed by atoms with Crippen LogP contribution in [0.1, 0.15) is 6.42 Å². The van der Waals surface area contributed by atoms with E-state index >= 15 is 0 Å². The molecule has 2 aliphatic rings. The number of nitrogens with one attached hydrogen (secondary N) is 1. The van der Waals surface area contributed by atoms with Crippen molar-refractivity contribution in [2.75, 3.05) is 16.3 Å². The summed E-state index contributed by atoms with van der Waals surface area (Å²) >= 11 is 0. The minimum absolute atomic E-state index is 0.260. The van der Waals surface area contributed by atoms with E-state index in [-0.39, 0.29) is 12.3 Å². The van der Waals surface area contributed by atoms with Crippen molar-refractivity contribution in [1.82, 2.24) is 15.1 Å². The van der Waals surface area contributed by atoms with Crippen LogP contribution in [0.5, 0.6) is 0 Å². The molecule has 0 spiro atoms. The summed E-state index contributed by atoms with van der Waals surface area (Å²) in [5, 5.41) is 7.66. The first-order valence-electron chi connectivity index (χ1n) is 7.86. The van der Waals surface area contributed by atoms with Gasteiger partial charge in [0.1, 0.15) is 0 Å². The maximum atomic E-state index is 12.1. The second-order valence-corrected chi connectivity index (χ2v) is 5.76. The highest BCUT2D eigenvalue weighted by Gasteiger charge is 2.28. The monoisotopic (exact) mass is 336 g/mol. The van der Waals surface area contributed by atoms with Gasteiger partial charge in [-0.05, 0) is 30.4 Å². The van der Waals surface area contributed by atoms with E-state index in [1.807, 2.05) is 48.5 Å². The maximum absolute atomic E-state index is 12.1. The Morgan fingerprint density at radius 3 is 2.92 bits per heavy atom. The Kier molecular flexibility index (Phi) is 3.57. The molecule has 3 heterocycles. The quantitative estimate of drug-likeness (QED) is 0.908. The number of hydrogen-bond donors (Lipinski definition) is 1. The summed E-state index contributed by atoms with van der Waals surface area (Å²) in [5.41, 5.74) is 1.82. The van der Waals surface area contributed by atoms with Crippen molar-refractivity contribution in [3.63, 3.8) is 0 Å². The molecular weight excluding hydrogens is 320 g/mol. The van der Waals surface area contributed by atoms with Gasteiger partial charge in [-0.15, -0.1) is 0 Å². The fourth-order valence-corrected chi connectivity index (χ4v) is 2.90. The fourth-order valence-electron chi connectivity index (χ4n) is 2.90. The highest BCUT2D eigenvalue weighted by molar-refractivity contribution is 6.09. The number of benzene rings is 1. The number of anilines is 2. The largest absolute Gasteiger partial charge is 0.329 e. The number of allylic oxidation sites excluding steroid dienone is 2. The third-order valence-electron chi connectivity index (χ3n) is 4.14. The summed E-state index contributed by atoms with van der Waals surface area (Å²) in [6, 6.07) is 5.42. The number of rotatable bonds is 2. The van der Waals surface area contributed by atoms with Gasteiger partial charge in [-0.2, -0.15) is 5.10 Å². The van der Waals surface area contributed by atoms with Crippen molar-refractivity contribution in [2.24, 2.45) is 12.0 Å². The van der Waals surface area contributed by atoms with Gasteiger partial charge in [-0.1, -0.05) is 0 Å². The molecule has 0 saturated carbocycles. The van der Waals surface area contributed by atoms with Crippen molar-refractivity contribution in [2.45, 2.75) is 6.42 Å². The topological polar surface area (TPSA) is 82.8 Å². The molecule has 1 N–H and O–H groups in total. The number of amides is 3. The Bertz CT molecular complexity index is 939. The van der Waals surface area contributed by atoms with E-state index in [1.165, 1.54) is 4.90 Å². The van der Waals surface area contributed by atoms with Crippen molar-refractivity contribution in [1.29, 1.82) is 0 Å². The van der Waals surface area contributed by atoms with E-state index in [2.05, 4.69) is 15.4 Å². The van der Waals surface area contributed by atoms with Crippen LogP contribution < -0.4 is 15.1 Å². The van der Waals surface area contributed by atoms with E-state index in [1.54, 1.807) is 17.2 Å².